The number of thioether (sulfide) groups is 1. The van der Waals surface area contributed by atoms with Gasteiger partial charge in [0.15, 0.2) is 0 Å². The van der Waals surface area contributed by atoms with Crippen LogP contribution in [-0.2, 0) is 6.42 Å². The predicted octanol–water partition coefficient (Wildman–Crippen LogP) is 3.97. The van der Waals surface area contributed by atoms with Crippen molar-refractivity contribution in [2.75, 3.05) is 12.8 Å². The lowest BCUT2D eigenvalue weighted by Crippen LogP contribution is -2.30. The molecule has 1 atom stereocenters. The zero-order valence-electron chi connectivity index (χ0n) is 11.8. The highest BCUT2D eigenvalue weighted by molar-refractivity contribution is 7.99. The van der Waals surface area contributed by atoms with E-state index in [2.05, 4.69) is 41.5 Å². The highest BCUT2D eigenvalue weighted by Gasteiger charge is 2.10. The summed E-state index contributed by atoms with van der Waals surface area (Å²) >= 11 is 8.04. The minimum atomic E-state index is 0.389. The monoisotopic (exact) mass is 306 g/mol. The standard InChI is InChI=1S/C16H19ClN2S/c1-12-4-3-5-15(8-12)20-11-14(18-2)9-13-6-7-19-10-16(13)17/h3-8,10,14,18H,9,11H2,1-2H3. The molecule has 0 saturated carbocycles. The Balaban J connectivity index is 1.94. The van der Waals surface area contributed by atoms with Crippen LogP contribution in [0.2, 0.25) is 5.02 Å². The van der Waals surface area contributed by atoms with Gasteiger partial charge in [-0.2, -0.15) is 0 Å². The molecule has 1 aromatic carbocycles. The second-order valence-corrected chi connectivity index (χ2v) is 6.28. The number of nitrogens with one attached hydrogen (secondary N) is 1. The number of halogens is 1. The summed E-state index contributed by atoms with van der Waals surface area (Å²) in [5.41, 5.74) is 2.44. The van der Waals surface area contributed by atoms with Crippen LogP contribution in [0.5, 0.6) is 0 Å². The average Bonchev–Trinajstić information content (AvgIpc) is 2.45. The van der Waals surface area contributed by atoms with E-state index in [0.717, 1.165) is 22.8 Å². The van der Waals surface area contributed by atoms with Crippen LogP contribution in [0.1, 0.15) is 11.1 Å². The predicted molar refractivity (Wildman–Crippen MR) is 87.7 cm³/mol. The smallest absolute Gasteiger partial charge is 0.0621 e. The maximum atomic E-state index is 6.17. The number of pyridine rings is 1. The minimum absolute atomic E-state index is 0.389. The second kappa shape index (κ2) is 7.67. The van der Waals surface area contributed by atoms with Crippen LogP contribution in [0.25, 0.3) is 0 Å². The SMILES string of the molecule is CNC(CSc1cccc(C)c1)Cc1ccncc1Cl. The lowest BCUT2D eigenvalue weighted by Gasteiger charge is -2.16. The molecule has 2 rings (SSSR count). The van der Waals surface area contributed by atoms with Crippen molar-refractivity contribution in [1.82, 2.24) is 10.3 Å². The summed E-state index contributed by atoms with van der Waals surface area (Å²) in [7, 11) is 2.00. The van der Waals surface area contributed by atoms with Gasteiger partial charge in [-0.3, -0.25) is 4.98 Å². The zero-order chi connectivity index (χ0) is 14.4. The molecule has 0 amide bonds. The third kappa shape index (κ3) is 4.51. The van der Waals surface area contributed by atoms with Crippen molar-refractivity contribution < 1.29 is 0 Å². The van der Waals surface area contributed by atoms with Gasteiger partial charge in [0, 0.05) is 29.1 Å². The van der Waals surface area contributed by atoms with Crippen LogP contribution in [-0.4, -0.2) is 23.8 Å². The van der Waals surface area contributed by atoms with Crippen molar-refractivity contribution in [3.05, 3.63) is 58.9 Å². The highest BCUT2D eigenvalue weighted by atomic mass is 35.5. The minimum Gasteiger partial charge on any atom is -0.316 e. The topological polar surface area (TPSA) is 24.9 Å². The van der Waals surface area contributed by atoms with Gasteiger partial charge in [0.1, 0.15) is 0 Å². The summed E-state index contributed by atoms with van der Waals surface area (Å²) in [6.07, 6.45) is 4.41. The molecule has 20 heavy (non-hydrogen) atoms. The molecule has 0 spiro atoms. The molecule has 0 aliphatic heterocycles. The number of rotatable bonds is 6. The van der Waals surface area contributed by atoms with E-state index in [1.807, 2.05) is 24.9 Å². The summed E-state index contributed by atoms with van der Waals surface area (Å²) in [6, 6.07) is 11.0. The van der Waals surface area contributed by atoms with E-state index < -0.39 is 0 Å². The average molecular weight is 307 g/mol. The number of nitrogens with zero attached hydrogens (tertiary/aromatic N) is 1. The van der Waals surface area contributed by atoms with E-state index in [-0.39, 0.29) is 0 Å². The lowest BCUT2D eigenvalue weighted by molar-refractivity contribution is 0.617. The lowest BCUT2D eigenvalue weighted by atomic mass is 10.1. The molecule has 2 nitrogen and oxygen atoms in total. The molecule has 1 aromatic heterocycles. The van der Waals surface area contributed by atoms with Crippen LogP contribution in [0.15, 0.2) is 47.6 Å². The molecular weight excluding hydrogens is 288 g/mol. The number of hydrogen-bond donors (Lipinski definition) is 1. The number of aromatic nitrogens is 1. The molecule has 0 aliphatic carbocycles. The van der Waals surface area contributed by atoms with Crippen molar-refractivity contribution in [3.63, 3.8) is 0 Å². The fraction of sp³-hybridized carbons (Fsp3) is 0.312. The van der Waals surface area contributed by atoms with Gasteiger partial charge in [-0.15, -0.1) is 11.8 Å². The van der Waals surface area contributed by atoms with Gasteiger partial charge in [0.05, 0.1) is 5.02 Å². The first kappa shape index (κ1) is 15.4. The first-order valence-corrected chi connectivity index (χ1v) is 8.00. The van der Waals surface area contributed by atoms with Gasteiger partial charge in [-0.05, 0) is 44.2 Å². The largest absolute Gasteiger partial charge is 0.316 e. The number of benzene rings is 1. The Morgan fingerprint density at radius 2 is 2.20 bits per heavy atom. The maximum Gasteiger partial charge on any atom is 0.0621 e. The van der Waals surface area contributed by atoms with E-state index >= 15 is 0 Å². The zero-order valence-corrected chi connectivity index (χ0v) is 13.3. The van der Waals surface area contributed by atoms with E-state index in [1.165, 1.54) is 10.5 Å². The molecule has 4 heteroatoms. The summed E-state index contributed by atoms with van der Waals surface area (Å²) < 4.78 is 0. The van der Waals surface area contributed by atoms with E-state index in [0.29, 0.717) is 6.04 Å². The first-order chi connectivity index (χ1) is 9.69. The Morgan fingerprint density at radius 3 is 2.90 bits per heavy atom. The molecular formula is C16H19ClN2S. The van der Waals surface area contributed by atoms with Crippen LogP contribution in [0, 0.1) is 6.92 Å². The van der Waals surface area contributed by atoms with Gasteiger partial charge in [0.25, 0.3) is 0 Å². The highest BCUT2D eigenvalue weighted by Crippen LogP contribution is 2.22. The fourth-order valence-electron chi connectivity index (χ4n) is 1.98. The third-order valence-electron chi connectivity index (χ3n) is 3.17. The molecule has 0 fully saturated rings. The summed E-state index contributed by atoms with van der Waals surface area (Å²) in [4.78, 5) is 5.33. The molecule has 1 heterocycles. The molecule has 106 valence electrons. The number of likely N-dealkylation sites (N-methyl/N-ethyl adjacent to an activating group) is 1. The maximum absolute atomic E-state index is 6.17. The molecule has 1 N–H and O–H groups in total. The van der Waals surface area contributed by atoms with Gasteiger partial charge in [-0.1, -0.05) is 29.3 Å². The van der Waals surface area contributed by atoms with Crippen LogP contribution >= 0.6 is 23.4 Å². The number of aryl methyl sites for hydroxylation is 1. The second-order valence-electron chi connectivity index (χ2n) is 4.78. The van der Waals surface area contributed by atoms with Crippen LogP contribution in [0.4, 0.5) is 0 Å². The molecule has 0 saturated heterocycles. The van der Waals surface area contributed by atoms with Gasteiger partial charge in [-0.25, -0.2) is 0 Å². The molecule has 1 unspecified atom stereocenters. The van der Waals surface area contributed by atoms with Crippen molar-refractivity contribution in [2.45, 2.75) is 24.3 Å². The first-order valence-electron chi connectivity index (χ1n) is 6.64. The summed E-state index contributed by atoms with van der Waals surface area (Å²) in [5.74, 6) is 1.01. The van der Waals surface area contributed by atoms with Crippen molar-refractivity contribution >= 4 is 23.4 Å². The fourth-order valence-corrected chi connectivity index (χ4v) is 3.30. The molecule has 0 radical (unpaired) electrons. The summed E-state index contributed by atoms with van der Waals surface area (Å²) in [5, 5.41) is 4.11. The van der Waals surface area contributed by atoms with Crippen molar-refractivity contribution in [1.29, 1.82) is 0 Å². The molecule has 0 bridgehead atoms. The quantitative estimate of drug-likeness (QED) is 0.818. The van der Waals surface area contributed by atoms with Crippen LogP contribution < -0.4 is 5.32 Å². The van der Waals surface area contributed by atoms with E-state index in [9.17, 15) is 0 Å². The Hall–Kier alpha value is -1.03. The Morgan fingerprint density at radius 1 is 1.35 bits per heavy atom. The molecule has 2 aromatic rings. The Labute approximate surface area is 130 Å². The number of hydrogen-bond acceptors (Lipinski definition) is 3. The third-order valence-corrected chi connectivity index (χ3v) is 4.67. The Kier molecular flexibility index (Phi) is 5.89. The van der Waals surface area contributed by atoms with Gasteiger partial charge < -0.3 is 5.32 Å². The normalized spacial score (nSPS) is 12.3. The molecule has 0 aliphatic rings. The van der Waals surface area contributed by atoms with Crippen LogP contribution in [0.3, 0.4) is 0 Å². The van der Waals surface area contributed by atoms with Crippen molar-refractivity contribution in [3.8, 4) is 0 Å². The van der Waals surface area contributed by atoms with E-state index in [4.69, 9.17) is 11.6 Å². The van der Waals surface area contributed by atoms with Crippen molar-refractivity contribution in [2.24, 2.45) is 0 Å². The van der Waals surface area contributed by atoms with Gasteiger partial charge in [0.2, 0.25) is 0 Å². The van der Waals surface area contributed by atoms with E-state index in [1.54, 1.807) is 12.4 Å². The Bertz CT molecular complexity index is 560. The van der Waals surface area contributed by atoms with Gasteiger partial charge >= 0.3 is 0 Å². The summed E-state index contributed by atoms with van der Waals surface area (Å²) in [6.45, 7) is 2.12.